The fourth-order valence-corrected chi connectivity index (χ4v) is 2.46. The highest BCUT2D eigenvalue weighted by molar-refractivity contribution is 5.37. The molecule has 2 rings (SSSR count). The molecule has 0 unspecified atom stereocenters. The fourth-order valence-electron chi connectivity index (χ4n) is 2.46. The van der Waals surface area contributed by atoms with Crippen molar-refractivity contribution in [3.63, 3.8) is 0 Å². The second kappa shape index (κ2) is 6.53. The molecule has 0 bridgehead atoms. The van der Waals surface area contributed by atoms with E-state index in [9.17, 15) is 0 Å². The molecule has 1 N–H and O–H groups in total. The molecule has 0 amide bonds. The molecule has 3 nitrogen and oxygen atoms in total. The van der Waals surface area contributed by atoms with E-state index in [1.54, 1.807) is 7.11 Å². The molecule has 0 fully saturated rings. The standard InChI is InChI=1S/C17H22N2O/c1-12-7-13(2)16(14(3)8-12)11-18-9-15-5-6-17(20-4)19-10-15/h5-8,10,18H,9,11H2,1-4H3. The van der Waals surface area contributed by atoms with Crippen LogP contribution in [0.15, 0.2) is 30.5 Å². The Morgan fingerprint density at radius 2 is 1.75 bits per heavy atom. The van der Waals surface area contributed by atoms with Crippen molar-refractivity contribution in [1.29, 1.82) is 0 Å². The Hall–Kier alpha value is -1.87. The van der Waals surface area contributed by atoms with E-state index >= 15 is 0 Å². The van der Waals surface area contributed by atoms with Crippen molar-refractivity contribution in [2.45, 2.75) is 33.9 Å². The average Bonchev–Trinajstić information content (AvgIpc) is 2.42. The molecule has 0 aliphatic heterocycles. The third kappa shape index (κ3) is 3.58. The molecule has 0 spiro atoms. The van der Waals surface area contributed by atoms with Crippen LogP contribution in [0.5, 0.6) is 5.88 Å². The molecular weight excluding hydrogens is 248 g/mol. The summed E-state index contributed by atoms with van der Waals surface area (Å²) in [5.41, 5.74) is 6.57. The van der Waals surface area contributed by atoms with Gasteiger partial charge in [0, 0.05) is 25.4 Å². The highest BCUT2D eigenvalue weighted by Crippen LogP contribution is 2.16. The van der Waals surface area contributed by atoms with E-state index in [1.165, 1.54) is 22.3 Å². The second-order valence-corrected chi connectivity index (χ2v) is 5.19. The molecule has 0 saturated carbocycles. The Morgan fingerprint density at radius 1 is 1.05 bits per heavy atom. The summed E-state index contributed by atoms with van der Waals surface area (Å²) < 4.78 is 5.05. The minimum atomic E-state index is 0.652. The molecule has 0 aliphatic rings. The normalized spacial score (nSPS) is 10.6. The highest BCUT2D eigenvalue weighted by Gasteiger charge is 2.03. The number of pyridine rings is 1. The lowest BCUT2D eigenvalue weighted by Crippen LogP contribution is -2.14. The SMILES string of the molecule is COc1ccc(CNCc2c(C)cc(C)cc2C)cn1. The van der Waals surface area contributed by atoms with Gasteiger partial charge in [-0.1, -0.05) is 23.8 Å². The van der Waals surface area contributed by atoms with Crippen molar-refractivity contribution in [1.82, 2.24) is 10.3 Å². The maximum Gasteiger partial charge on any atom is 0.212 e. The van der Waals surface area contributed by atoms with Gasteiger partial charge >= 0.3 is 0 Å². The van der Waals surface area contributed by atoms with Crippen LogP contribution in [0.3, 0.4) is 0 Å². The highest BCUT2D eigenvalue weighted by atomic mass is 16.5. The first-order valence-electron chi connectivity index (χ1n) is 6.86. The van der Waals surface area contributed by atoms with Crippen molar-refractivity contribution in [3.05, 3.63) is 58.3 Å². The van der Waals surface area contributed by atoms with E-state index in [2.05, 4.69) is 43.2 Å². The monoisotopic (exact) mass is 270 g/mol. The van der Waals surface area contributed by atoms with Gasteiger partial charge in [0.1, 0.15) is 0 Å². The van der Waals surface area contributed by atoms with Gasteiger partial charge in [-0.25, -0.2) is 4.98 Å². The lowest BCUT2D eigenvalue weighted by atomic mass is 10.00. The van der Waals surface area contributed by atoms with Gasteiger partial charge in [-0.15, -0.1) is 0 Å². The van der Waals surface area contributed by atoms with E-state index in [1.807, 2.05) is 18.3 Å². The Morgan fingerprint density at radius 3 is 2.30 bits per heavy atom. The number of rotatable bonds is 5. The number of nitrogens with zero attached hydrogens (tertiary/aromatic N) is 1. The summed E-state index contributed by atoms with van der Waals surface area (Å²) in [6.07, 6.45) is 1.85. The van der Waals surface area contributed by atoms with E-state index in [0.717, 1.165) is 18.7 Å². The number of aromatic nitrogens is 1. The van der Waals surface area contributed by atoms with Crippen LogP contribution in [0.2, 0.25) is 0 Å². The van der Waals surface area contributed by atoms with Crippen LogP contribution in [0.1, 0.15) is 27.8 Å². The molecule has 0 saturated heterocycles. The Labute approximate surface area is 121 Å². The molecule has 3 heteroatoms. The van der Waals surface area contributed by atoms with Gasteiger partial charge < -0.3 is 10.1 Å². The lowest BCUT2D eigenvalue weighted by Gasteiger charge is -2.12. The van der Waals surface area contributed by atoms with Crippen molar-refractivity contribution in [3.8, 4) is 5.88 Å². The molecule has 1 heterocycles. The molecule has 1 aromatic carbocycles. The van der Waals surface area contributed by atoms with Crippen LogP contribution in [-0.2, 0) is 13.1 Å². The molecule has 20 heavy (non-hydrogen) atoms. The summed E-state index contributed by atoms with van der Waals surface area (Å²) in [6.45, 7) is 8.17. The molecule has 1 aromatic heterocycles. The van der Waals surface area contributed by atoms with E-state index in [4.69, 9.17) is 4.74 Å². The Balaban J connectivity index is 1.95. The number of benzene rings is 1. The summed E-state index contributed by atoms with van der Waals surface area (Å²) in [6, 6.07) is 8.39. The smallest absolute Gasteiger partial charge is 0.212 e. The number of aryl methyl sites for hydroxylation is 3. The molecule has 0 aliphatic carbocycles. The van der Waals surface area contributed by atoms with Crippen molar-refractivity contribution in [2.24, 2.45) is 0 Å². The first-order valence-corrected chi connectivity index (χ1v) is 6.86. The van der Waals surface area contributed by atoms with Crippen molar-refractivity contribution in [2.75, 3.05) is 7.11 Å². The van der Waals surface area contributed by atoms with Crippen LogP contribution in [0.25, 0.3) is 0 Å². The summed E-state index contributed by atoms with van der Waals surface area (Å²) in [5.74, 6) is 0.652. The Bertz CT molecular complexity index is 553. The van der Waals surface area contributed by atoms with Gasteiger partial charge in [0.05, 0.1) is 7.11 Å². The van der Waals surface area contributed by atoms with E-state index in [0.29, 0.717) is 5.88 Å². The maximum absolute atomic E-state index is 5.05. The third-order valence-corrected chi connectivity index (χ3v) is 3.48. The number of hydrogen-bond acceptors (Lipinski definition) is 3. The predicted molar refractivity (Wildman–Crippen MR) is 82.0 cm³/mol. The van der Waals surface area contributed by atoms with E-state index < -0.39 is 0 Å². The molecular formula is C17H22N2O. The number of methoxy groups -OCH3 is 1. The zero-order valence-corrected chi connectivity index (χ0v) is 12.7. The lowest BCUT2D eigenvalue weighted by molar-refractivity contribution is 0.397. The van der Waals surface area contributed by atoms with Gasteiger partial charge in [-0.05, 0) is 43.0 Å². The van der Waals surface area contributed by atoms with Gasteiger partial charge in [-0.2, -0.15) is 0 Å². The zero-order valence-electron chi connectivity index (χ0n) is 12.7. The summed E-state index contributed by atoms with van der Waals surface area (Å²) >= 11 is 0. The largest absolute Gasteiger partial charge is 0.481 e. The molecule has 2 aromatic rings. The quantitative estimate of drug-likeness (QED) is 0.905. The molecule has 106 valence electrons. The van der Waals surface area contributed by atoms with Crippen LogP contribution in [-0.4, -0.2) is 12.1 Å². The van der Waals surface area contributed by atoms with Crippen molar-refractivity contribution < 1.29 is 4.74 Å². The van der Waals surface area contributed by atoms with Gasteiger partial charge in [0.15, 0.2) is 0 Å². The number of nitrogens with one attached hydrogen (secondary N) is 1. The van der Waals surface area contributed by atoms with Crippen LogP contribution in [0.4, 0.5) is 0 Å². The minimum absolute atomic E-state index is 0.652. The van der Waals surface area contributed by atoms with E-state index in [-0.39, 0.29) is 0 Å². The second-order valence-electron chi connectivity index (χ2n) is 5.19. The van der Waals surface area contributed by atoms with Crippen LogP contribution in [0, 0.1) is 20.8 Å². The summed E-state index contributed by atoms with van der Waals surface area (Å²) in [7, 11) is 1.63. The average molecular weight is 270 g/mol. The Kier molecular flexibility index (Phi) is 4.74. The van der Waals surface area contributed by atoms with Gasteiger partial charge in [0.25, 0.3) is 0 Å². The van der Waals surface area contributed by atoms with Gasteiger partial charge in [0.2, 0.25) is 5.88 Å². The minimum Gasteiger partial charge on any atom is -0.481 e. The maximum atomic E-state index is 5.05. The topological polar surface area (TPSA) is 34.1 Å². The van der Waals surface area contributed by atoms with Crippen LogP contribution >= 0.6 is 0 Å². The fraction of sp³-hybridized carbons (Fsp3) is 0.353. The third-order valence-electron chi connectivity index (χ3n) is 3.48. The van der Waals surface area contributed by atoms with Crippen LogP contribution < -0.4 is 10.1 Å². The number of ether oxygens (including phenoxy) is 1. The number of hydrogen-bond donors (Lipinski definition) is 1. The zero-order chi connectivity index (χ0) is 14.5. The molecule has 0 atom stereocenters. The van der Waals surface area contributed by atoms with Crippen molar-refractivity contribution >= 4 is 0 Å². The molecule has 0 radical (unpaired) electrons. The summed E-state index contributed by atoms with van der Waals surface area (Å²) in [4.78, 5) is 4.21. The first-order chi connectivity index (χ1) is 9.60. The first kappa shape index (κ1) is 14.5. The predicted octanol–water partition coefficient (Wildman–Crippen LogP) is 3.31. The van der Waals surface area contributed by atoms with Gasteiger partial charge in [-0.3, -0.25) is 0 Å². The summed E-state index contributed by atoms with van der Waals surface area (Å²) in [5, 5.41) is 3.48.